The summed E-state index contributed by atoms with van der Waals surface area (Å²) in [7, 11) is 0. The monoisotopic (exact) mass is 531 g/mol. The first-order chi connectivity index (χ1) is 17.0. The number of imide groups is 1. The summed E-state index contributed by atoms with van der Waals surface area (Å²) in [4.78, 5) is 26.5. The van der Waals surface area contributed by atoms with Crippen LogP contribution in [0.2, 0.25) is 10.0 Å². The number of fused-ring (bicyclic) bond motifs is 2. The van der Waals surface area contributed by atoms with Crippen LogP contribution < -0.4 is 4.74 Å². The highest BCUT2D eigenvalue weighted by Crippen LogP contribution is 2.51. The van der Waals surface area contributed by atoms with Gasteiger partial charge in [-0.25, -0.2) is 0 Å². The lowest BCUT2D eigenvalue weighted by Gasteiger charge is -2.31. The van der Waals surface area contributed by atoms with Crippen molar-refractivity contribution >= 4 is 41.1 Å². The Morgan fingerprint density at radius 1 is 0.972 bits per heavy atom. The summed E-state index contributed by atoms with van der Waals surface area (Å²) in [6, 6.07) is 14.5. The molecule has 0 saturated heterocycles. The van der Waals surface area contributed by atoms with Gasteiger partial charge in [-0.05, 0) is 60.5 Å². The molecule has 184 valence electrons. The molecule has 36 heavy (non-hydrogen) atoms. The molecule has 0 spiro atoms. The van der Waals surface area contributed by atoms with E-state index in [0.717, 1.165) is 4.90 Å². The van der Waals surface area contributed by atoms with Gasteiger partial charge in [0.05, 0.1) is 17.2 Å². The Balaban J connectivity index is 1.41. The van der Waals surface area contributed by atoms with Crippen molar-refractivity contribution in [3.63, 3.8) is 0 Å². The highest BCUT2D eigenvalue weighted by molar-refractivity contribution is 6.34. The van der Waals surface area contributed by atoms with Gasteiger partial charge in [-0.2, -0.15) is 13.2 Å². The van der Waals surface area contributed by atoms with Gasteiger partial charge in [0.1, 0.15) is 5.75 Å². The number of ether oxygens (including phenoxy) is 1. The van der Waals surface area contributed by atoms with Crippen LogP contribution in [0.3, 0.4) is 0 Å². The third kappa shape index (κ3) is 3.96. The van der Waals surface area contributed by atoms with Crippen LogP contribution in [-0.2, 0) is 12.0 Å². The molecule has 0 aromatic heterocycles. The molecule has 2 unspecified atom stereocenters. The van der Waals surface area contributed by atoms with Gasteiger partial charge in [0.2, 0.25) is 5.60 Å². The summed E-state index contributed by atoms with van der Waals surface area (Å²) >= 11 is 12.0. The maximum atomic E-state index is 14.3. The molecule has 3 aromatic carbocycles. The molecule has 2 aliphatic heterocycles. The van der Waals surface area contributed by atoms with Crippen molar-refractivity contribution < 1.29 is 27.5 Å². The molecule has 2 heterocycles. The number of hydrogen-bond acceptors (Lipinski definition) is 3. The van der Waals surface area contributed by atoms with E-state index in [4.69, 9.17) is 27.9 Å². The van der Waals surface area contributed by atoms with Gasteiger partial charge in [0, 0.05) is 22.0 Å². The number of rotatable bonds is 4. The van der Waals surface area contributed by atoms with E-state index in [-0.39, 0.29) is 33.2 Å². The standard InChI is InChI=1S/C27H18Cl2F3NO3/c1-15(33-24(34)21-4-2-3-5-22(21)25(33)35)6-7-16-8-9-23-17(10-16)14-26(36-23,27(30,31)32)18-11-19(28)13-20(29)12-18/h2-13,15H,14H2,1H3. The zero-order valence-electron chi connectivity index (χ0n) is 18.8. The van der Waals surface area contributed by atoms with E-state index >= 15 is 0 Å². The Hall–Kier alpha value is -3.29. The number of nitrogens with zero attached hydrogens (tertiary/aromatic N) is 1. The minimum absolute atomic E-state index is 0.0754. The van der Waals surface area contributed by atoms with Crippen LogP contribution in [0.15, 0.2) is 66.7 Å². The molecule has 0 fully saturated rings. The first-order valence-corrected chi connectivity index (χ1v) is 11.8. The SMILES string of the molecule is CC(C=Cc1ccc2c(c1)CC(c1cc(Cl)cc(Cl)c1)(C(F)(F)F)O2)N1C(=O)c2ccccc2C1=O. The summed E-state index contributed by atoms with van der Waals surface area (Å²) < 4.78 is 48.6. The van der Waals surface area contributed by atoms with E-state index in [2.05, 4.69) is 0 Å². The Bertz CT molecular complexity index is 1380. The van der Waals surface area contributed by atoms with Crippen molar-refractivity contribution in [2.75, 3.05) is 0 Å². The zero-order valence-corrected chi connectivity index (χ0v) is 20.3. The van der Waals surface area contributed by atoms with Gasteiger partial charge >= 0.3 is 6.18 Å². The lowest BCUT2D eigenvalue weighted by Crippen LogP contribution is -2.46. The van der Waals surface area contributed by atoms with E-state index in [1.54, 1.807) is 55.5 Å². The second-order valence-electron chi connectivity index (χ2n) is 8.75. The van der Waals surface area contributed by atoms with Crippen molar-refractivity contribution in [3.05, 3.63) is 105 Å². The van der Waals surface area contributed by atoms with Gasteiger partial charge < -0.3 is 4.74 Å². The third-order valence-corrected chi connectivity index (χ3v) is 6.83. The summed E-state index contributed by atoms with van der Waals surface area (Å²) in [5, 5.41) is 0.151. The molecule has 5 rings (SSSR count). The zero-order chi connectivity index (χ0) is 25.8. The molecule has 2 atom stereocenters. The molecule has 3 aromatic rings. The van der Waals surface area contributed by atoms with E-state index in [9.17, 15) is 22.8 Å². The number of benzene rings is 3. The van der Waals surface area contributed by atoms with E-state index in [1.165, 1.54) is 24.3 Å². The van der Waals surface area contributed by atoms with Crippen LogP contribution in [0.1, 0.15) is 44.3 Å². The van der Waals surface area contributed by atoms with Crippen molar-refractivity contribution in [1.82, 2.24) is 4.90 Å². The number of alkyl halides is 3. The third-order valence-electron chi connectivity index (χ3n) is 6.39. The lowest BCUT2D eigenvalue weighted by molar-refractivity contribution is -0.248. The van der Waals surface area contributed by atoms with Crippen molar-refractivity contribution in [2.24, 2.45) is 0 Å². The van der Waals surface area contributed by atoms with Crippen LogP contribution >= 0.6 is 23.2 Å². The first kappa shape index (κ1) is 24.4. The Labute approximate surface area is 214 Å². The van der Waals surface area contributed by atoms with Gasteiger partial charge in [-0.15, -0.1) is 0 Å². The Morgan fingerprint density at radius 2 is 1.58 bits per heavy atom. The van der Waals surface area contributed by atoms with Crippen molar-refractivity contribution in [2.45, 2.75) is 31.2 Å². The Morgan fingerprint density at radius 3 is 2.17 bits per heavy atom. The molecule has 0 radical (unpaired) electrons. The molecular formula is C27H18Cl2F3NO3. The summed E-state index contributed by atoms with van der Waals surface area (Å²) in [6.07, 6.45) is -1.88. The smallest absolute Gasteiger partial charge is 0.432 e. The quantitative estimate of drug-likeness (QED) is 0.338. The topological polar surface area (TPSA) is 46.6 Å². The van der Waals surface area contributed by atoms with Gasteiger partial charge in [0.15, 0.2) is 0 Å². The van der Waals surface area contributed by atoms with Crippen LogP contribution in [0.5, 0.6) is 5.75 Å². The first-order valence-electron chi connectivity index (χ1n) is 11.0. The van der Waals surface area contributed by atoms with Gasteiger partial charge in [-0.3, -0.25) is 14.5 Å². The largest absolute Gasteiger partial charge is 0.472 e. The van der Waals surface area contributed by atoms with Crippen LogP contribution in [0.25, 0.3) is 6.08 Å². The average molecular weight is 532 g/mol. The number of amides is 2. The van der Waals surface area contributed by atoms with Crippen LogP contribution in [0.4, 0.5) is 13.2 Å². The fraction of sp³-hybridized carbons (Fsp3) is 0.185. The van der Waals surface area contributed by atoms with Crippen molar-refractivity contribution in [1.29, 1.82) is 0 Å². The molecule has 2 amide bonds. The van der Waals surface area contributed by atoms with Crippen molar-refractivity contribution in [3.8, 4) is 5.75 Å². The minimum atomic E-state index is -4.74. The molecule has 2 aliphatic rings. The van der Waals surface area contributed by atoms with Crippen LogP contribution in [0, 0.1) is 0 Å². The predicted octanol–water partition coefficient (Wildman–Crippen LogP) is 7.08. The minimum Gasteiger partial charge on any atom is -0.472 e. The normalized spacial score (nSPS) is 20.0. The van der Waals surface area contributed by atoms with E-state index < -0.39 is 24.2 Å². The number of carbonyl (C=O) groups is 2. The van der Waals surface area contributed by atoms with Crippen LogP contribution in [-0.4, -0.2) is 28.9 Å². The summed E-state index contributed by atoms with van der Waals surface area (Å²) in [5.74, 6) is -0.663. The second-order valence-corrected chi connectivity index (χ2v) is 9.63. The average Bonchev–Trinajstić information content (AvgIpc) is 3.33. The number of hydrogen-bond donors (Lipinski definition) is 0. The summed E-state index contributed by atoms with van der Waals surface area (Å²) in [5.41, 5.74) is -1.15. The molecule has 0 aliphatic carbocycles. The molecule has 4 nitrogen and oxygen atoms in total. The van der Waals surface area contributed by atoms with Gasteiger partial charge in [0.25, 0.3) is 11.8 Å². The molecular weight excluding hydrogens is 514 g/mol. The lowest BCUT2D eigenvalue weighted by atomic mass is 9.88. The fourth-order valence-corrected chi connectivity index (χ4v) is 5.14. The van der Waals surface area contributed by atoms with Gasteiger partial charge in [-0.1, -0.05) is 53.6 Å². The fourth-order valence-electron chi connectivity index (χ4n) is 4.62. The number of carbonyl (C=O) groups excluding carboxylic acids is 2. The van der Waals surface area contributed by atoms with E-state index in [0.29, 0.717) is 22.3 Å². The summed E-state index contributed by atoms with van der Waals surface area (Å²) in [6.45, 7) is 1.70. The maximum Gasteiger partial charge on any atom is 0.432 e. The molecule has 0 N–H and O–H groups in total. The predicted molar refractivity (Wildman–Crippen MR) is 130 cm³/mol. The van der Waals surface area contributed by atoms with E-state index in [1.807, 2.05) is 0 Å². The molecule has 9 heteroatoms. The maximum absolute atomic E-state index is 14.3. The highest BCUT2D eigenvalue weighted by atomic mass is 35.5. The molecule has 0 saturated carbocycles. The Kier molecular flexibility index (Phi) is 5.88. The molecule has 0 bridgehead atoms. The second kappa shape index (κ2) is 8.68. The number of halogens is 5. The highest BCUT2D eigenvalue weighted by Gasteiger charge is 2.61.